The van der Waals surface area contributed by atoms with Crippen molar-refractivity contribution in [2.24, 2.45) is 0 Å². The molecule has 0 N–H and O–H groups in total. The zero-order chi connectivity index (χ0) is 19.3. The van der Waals surface area contributed by atoms with Crippen molar-refractivity contribution in [1.82, 2.24) is 20.4 Å². The number of hydrogen-bond donors (Lipinski definition) is 0. The average Bonchev–Trinajstić information content (AvgIpc) is 3.37. The van der Waals surface area contributed by atoms with E-state index in [0.717, 1.165) is 5.56 Å². The van der Waals surface area contributed by atoms with Crippen LogP contribution in [0.3, 0.4) is 0 Å². The Morgan fingerprint density at radius 2 is 1.61 bits per heavy atom. The zero-order valence-corrected chi connectivity index (χ0v) is 16.5. The van der Waals surface area contributed by atoms with E-state index >= 15 is 0 Å². The summed E-state index contributed by atoms with van der Waals surface area (Å²) in [6.07, 6.45) is 0.704. The van der Waals surface area contributed by atoms with E-state index in [9.17, 15) is 0 Å². The summed E-state index contributed by atoms with van der Waals surface area (Å²) in [5.74, 6) is 2.46. The lowest BCUT2D eigenvalue weighted by molar-refractivity contribution is 0.404. The third-order valence-corrected chi connectivity index (χ3v) is 5.19. The molecule has 0 saturated heterocycles. The third kappa shape index (κ3) is 4.48. The maximum Gasteiger partial charge on any atom is 0.277 e. The molecule has 0 saturated carbocycles. The van der Waals surface area contributed by atoms with E-state index in [1.54, 1.807) is 0 Å². The third-order valence-electron chi connectivity index (χ3n) is 4.38. The highest BCUT2D eigenvalue weighted by molar-refractivity contribution is 7.98. The second kappa shape index (κ2) is 8.39. The smallest absolute Gasteiger partial charge is 0.277 e. The van der Waals surface area contributed by atoms with Gasteiger partial charge in [0.2, 0.25) is 17.7 Å². The molecule has 1 unspecified atom stereocenters. The molecule has 2 heterocycles. The molecular weight excluding hydrogens is 372 g/mol. The van der Waals surface area contributed by atoms with Crippen LogP contribution < -0.4 is 0 Å². The van der Waals surface area contributed by atoms with Gasteiger partial charge in [0.1, 0.15) is 0 Å². The summed E-state index contributed by atoms with van der Waals surface area (Å²) in [7, 11) is 0. The fourth-order valence-electron chi connectivity index (χ4n) is 2.79. The van der Waals surface area contributed by atoms with Crippen LogP contribution in [0.4, 0.5) is 0 Å². The van der Waals surface area contributed by atoms with Gasteiger partial charge in [0.15, 0.2) is 0 Å². The van der Waals surface area contributed by atoms with Gasteiger partial charge in [-0.25, -0.2) is 0 Å². The van der Waals surface area contributed by atoms with Gasteiger partial charge in [-0.15, -0.1) is 20.4 Å². The Kier molecular flexibility index (Phi) is 5.53. The number of thioether (sulfide) groups is 1. The summed E-state index contributed by atoms with van der Waals surface area (Å²) in [5, 5.41) is 17.0. The molecule has 0 spiro atoms. The molecule has 0 bridgehead atoms. The van der Waals surface area contributed by atoms with Gasteiger partial charge in [0.25, 0.3) is 5.22 Å². The van der Waals surface area contributed by atoms with Gasteiger partial charge >= 0.3 is 0 Å². The lowest BCUT2D eigenvalue weighted by Gasteiger charge is -2.08. The topological polar surface area (TPSA) is 77.8 Å². The highest BCUT2D eigenvalue weighted by atomic mass is 32.2. The molecule has 4 rings (SSSR count). The molecule has 4 aromatic rings. The Hall–Kier alpha value is -2.93. The van der Waals surface area contributed by atoms with E-state index < -0.39 is 0 Å². The van der Waals surface area contributed by atoms with Crippen LogP contribution in [0.2, 0.25) is 0 Å². The largest absolute Gasteiger partial charge is 0.420 e. The number of aryl methyl sites for hydroxylation is 1. The summed E-state index contributed by atoms with van der Waals surface area (Å²) in [5.41, 5.74) is 3.35. The molecular formula is C21H20N4O2S. The Morgan fingerprint density at radius 1 is 0.857 bits per heavy atom. The minimum Gasteiger partial charge on any atom is -0.420 e. The number of benzene rings is 2. The quantitative estimate of drug-likeness (QED) is 0.406. The predicted molar refractivity (Wildman–Crippen MR) is 107 cm³/mol. The van der Waals surface area contributed by atoms with Crippen LogP contribution in [0.25, 0.3) is 11.5 Å². The first-order valence-electron chi connectivity index (χ1n) is 9.07. The van der Waals surface area contributed by atoms with Crippen LogP contribution >= 0.6 is 11.8 Å². The van der Waals surface area contributed by atoms with E-state index in [-0.39, 0.29) is 0 Å². The highest BCUT2D eigenvalue weighted by Crippen LogP contribution is 2.25. The number of nitrogens with zero attached hydrogens (tertiary/aromatic N) is 4. The molecule has 1 atom stereocenters. The normalized spacial score (nSPS) is 12.2. The summed E-state index contributed by atoms with van der Waals surface area (Å²) >= 11 is 1.39. The van der Waals surface area contributed by atoms with Gasteiger partial charge in [-0.1, -0.05) is 66.7 Å². The molecule has 2 aromatic carbocycles. The van der Waals surface area contributed by atoms with Gasteiger partial charge in [0.05, 0.1) is 5.75 Å². The van der Waals surface area contributed by atoms with Gasteiger partial charge in [-0.05, 0) is 30.5 Å². The predicted octanol–water partition coefficient (Wildman–Crippen LogP) is 5.07. The molecule has 142 valence electrons. The molecule has 0 fully saturated rings. The van der Waals surface area contributed by atoms with Crippen molar-refractivity contribution in [2.45, 2.75) is 37.2 Å². The van der Waals surface area contributed by atoms with Crippen LogP contribution in [0.15, 0.2) is 68.7 Å². The first kappa shape index (κ1) is 18.4. The van der Waals surface area contributed by atoms with Crippen molar-refractivity contribution in [1.29, 1.82) is 0 Å². The molecule has 0 radical (unpaired) electrons. The number of hydrogen-bond acceptors (Lipinski definition) is 7. The fraction of sp³-hybridized carbons (Fsp3) is 0.238. The average molecular weight is 392 g/mol. The summed E-state index contributed by atoms with van der Waals surface area (Å²) in [6.45, 7) is 4.19. The van der Waals surface area contributed by atoms with Gasteiger partial charge in [0, 0.05) is 12.0 Å². The molecule has 0 aliphatic heterocycles. The molecule has 2 aromatic heterocycles. The van der Waals surface area contributed by atoms with E-state index in [4.69, 9.17) is 8.83 Å². The summed E-state index contributed by atoms with van der Waals surface area (Å²) in [4.78, 5) is 0. The van der Waals surface area contributed by atoms with Crippen molar-refractivity contribution in [3.63, 3.8) is 0 Å². The van der Waals surface area contributed by atoms with Crippen molar-refractivity contribution in [3.8, 4) is 11.5 Å². The summed E-state index contributed by atoms with van der Waals surface area (Å²) < 4.78 is 11.5. The Morgan fingerprint density at radius 3 is 2.39 bits per heavy atom. The highest BCUT2D eigenvalue weighted by Gasteiger charge is 2.14. The maximum absolute atomic E-state index is 5.75. The van der Waals surface area contributed by atoms with Crippen molar-refractivity contribution < 1.29 is 8.83 Å². The Labute approximate surface area is 167 Å². The van der Waals surface area contributed by atoms with Crippen LogP contribution in [-0.2, 0) is 12.2 Å². The SMILES string of the molecule is Cc1ccc(-c2nnc(CSc3nnc(CC(C)c4ccccc4)o3)o2)cc1. The summed E-state index contributed by atoms with van der Waals surface area (Å²) in [6, 6.07) is 18.3. The Bertz CT molecular complexity index is 1030. The fourth-order valence-corrected chi connectivity index (χ4v) is 3.41. The zero-order valence-electron chi connectivity index (χ0n) is 15.7. The first-order valence-corrected chi connectivity index (χ1v) is 10.1. The number of aromatic nitrogens is 4. The molecule has 0 amide bonds. The van der Waals surface area contributed by atoms with Crippen molar-refractivity contribution in [3.05, 3.63) is 77.5 Å². The second-order valence-electron chi connectivity index (χ2n) is 6.63. The van der Waals surface area contributed by atoms with Crippen LogP contribution in [-0.4, -0.2) is 20.4 Å². The van der Waals surface area contributed by atoms with Crippen LogP contribution in [0.5, 0.6) is 0 Å². The molecule has 6 nitrogen and oxygen atoms in total. The molecule has 7 heteroatoms. The van der Waals surface area contributed by atoms with E-state index in [1.165, 1.54) is 22.9 Å². The standard InChI is InChI=1S/C21H20N4O2S/c1-14-8-10-17(11-9-14)20-24-23-19(26-20)13-28-21-25-22-18(27-21)12-15(2)16-6-4-3-5-7-16/h3-11,15H,12-13H2,1-2H3. The molecule has 0 aliphatic carbocycles. The minimum absolute atomic E-state index is 0.313. The monoisotopic (exact) mass is 392 g/mol. The minimum atomic E-state index is 0.313. The van der Waals surface area contributed by atoms with E-state index in [1.807, 2.05) is 49.4 Å². The van der Waals surface area contributed by atoms with Crippen molar-refractivity contribution in [2.75, 3.05) is 0 Å². The lowest BCUT2D eigenvalue weighted by atomic mass is 9.98. The maximum atomic E-state index is 5.75. The number of rotatable bonds is 7. The lowest BCUT2D eigenvalue weighted by Crippen LogP contribution is -1.98. The van der Waals surface area contributed by atoms with Gasteiger partial charge < -0.3 is 8.83 Å². The molecule has 0 aliphatic rings. The van der Waals surface area contributed by atoms with Crippen LogP contribution in [0.1, 0.15) is 35.7 Å². The van der Waals surface area contributed by atoms with Crippen molar-refractivity contribution >= 4 is 11.8 Å². The van der Waals surface area contributed by atoms with E-state index in [0.29, 0.717) is 41.0 Å². The second-order valence-corrected chi connectivity index (χ2v) is 7.56. The Balaban J connectivity index is 1.34. The van der Waals surface area contributed by atoms with Gasteiger partial charge in [-0.2, -0.15) is 0 Å². The van der Waals surface area contributed by atoms with Gasteiger partial charge in [-0.3, -0.25) is 0 Å². The van der Waals surface area contributed by atoms with Crippen LogP contribution in [0, 0.1) is 6.92 Å². The molecule has 28 heavy (non-hydrogen) atoms. The first-order chi connectivity index (χ1) is 13.7. The van der Waals surface area contributed by atoms with E-state index in [2.05, 4.69) is 39.5 Å².